The van der Waals surface area contributed by atoms with Crippen molar-refractivity contribution in [2.75, 3.05) is 5.32 Å². The molecular formula is C22H17N5O. The molecule has 0 saturated carbocycles. The largest absolute Gasteiger partial charge is 0.364 e. The van der Waals surface area contributed by atoms with Crippen molar-refractivity contribution in [3.8, 4) is 11.1 Å². The number of nitrogens with zero attached hydrogens (tertiary/aromatic N) is 2. The SMILES string of the molecule is O=c1[nH]ccc2ccc(-c3cc(NCc4ccccn4)nc4[nH]ccc34)cc12. The number of aromatic amines is 2. The number of H-pyrrole nitrogens is 2. The Kier molecular flexibility index (Phi) is 3.87. The van der Waals surface area contributed by atoms with Gasteiger partial charge in [0.15, 0.2) is 0 Å². The van der Waals surface area contributed by atoms with Gasteiger partial charge in [-0.25, -0.2) is 4.98 Å². The maximum Gasteiger partial charge on any atom is 0.255 e. The quantitative estimate of drug-likeness (QED) is 0.447. The highest BCUT2D eigenvalue weighted by atomic mass is 16.1. The fourth-order valence-corrected chi connectivity index (χ4v) is 3.40. The van der Waals surface area contributed by atoms with E-state index in [2.05, 4.69) is 25.3 Å². The first-order valence-corrected chi connectivity index (χ1v) is 9.02. The third-order valence-corrected chi connectivity index (χ3v) is 4.79. The van der Waals surface area contributed by atoms with Crippen LogP contribution < -0.4 is 10.9 Å². The Morgan fingerprint density at radius 1 is 0.929 bits per heavy atom. The number of pyridine rings is 3. The van der Waals surface area contributed by atoms with Gasteiger partial charge < -0.3 is 15.3 Å². The van der Waals surface area contributed by atoms with Crippen molar-refractivity contribution in [2.24, 2.45) is 0 Å². The number of fused-ring (bicyclic) bond motifs is 2. The number of anilines is 1. The zero-order valence-corrected chi connectivity index (χ0v) is 14.9. The maximum atomic E-state index is 12.2. The van der Waals surface area contributed by atoms with Crippen LogP contribution in [0.25, 0.3) is 32.9 Å². The van der Waals surface area contributed by atoms with Crippen molar-refractivity contribution in [3.05, 3.63) is 89.2 Å². The molecule has 0 unspecified atom stereocenters. The number of benzene rings is 1. The van der Waals surface area contributed by atoms with Gasteiger partial charge in [0.25, 0.3) is 5.56 Å². The van der Waals surface area contributed by atoms with E-state index in [1.165, 1.54) is 0 Å². The maximum absolute atomic E-state index is 12.2. The lowest BCUT2D eigenvalue weighted by Crippen LogP contribution is -2.05. The topological polar surface area (TPSA) is 86.5 Å². The summed E-state index contributed by atoms with van der Waals surface area (Å²) in [5.41, 5.74) is 3.63. The average molecular weight is 367 g/mol. The summed E-state index contributed by atoms with van der Waals surface area (Å²) in [5.74, 6) is 0.748. The summed E-state index contributed by atoms with van der Waals surface area (Å²) in [6.07, 6.45) is 5.31. The molecule has 0 saturated heterocycles. The fraction of sp³-hybridized carbons (Fsp3) is 0.0455. The molecule has 5 rings (SSSR count). The van der Waals surface area contributed by atoms with Gasteiger partial charge in [-0.15, -0.1) is 0 Å². The molecule has 28 heavy (non-hydrogen) atoms. The van der Waals surface area contributed by atoms with Crippen LogP contribution >= 0.6 is 0 Å². The van der Waals surface area contributed by atoms with Crippen molar-refractivity contribution in [3.63, 3.8) is 0 Å². The highest BCUT2D eigenvalue weighted by Crippen LogP contribution is 2.31. The van der Waals surface area contributed by atoms with Gasteiger partial charge in [0, 0.05) is 29.4 Å². The second kappa shape index (κ2) is 6.66. The predicted octanol–water partition coefficient (Wildman–Crippen LogP) is 4.08. The van der Waals surface area contributed by atoms with Crippen LogP contribution in [0.3, 0.4) is 0 Å². The predicted molar refractivity (Wildman–Crippen MR) is 111 cm³/mol. The highest BCUT2D eigenvalue weighted by molar-refractivity contribution is 5.97. The first-order valence-electron chi connectivity index (χ1n) is 9.02. The van der Waals surface area contributed by atoms with Crippen LogP contribution in [0.15, 0.2) is 78.0 Å². The Balaban J connectivity index is 1.59. The molecular weight excluding hydrogens is 350 g/mol. The Bertz CT molecular complexity index is 1340. The van der Waals surface area contributed by atoms with Crippen molar-refractivity contribution >= 4 is 27.6 Å². The lowest BCUT2D eigenvalue weighted by molar-refractivity contribution is 1.03. The van der Waals surface area contributed by atoms with Crippen LogP contribution in [-0.4, -0.2) is 19.9 Å². The minimum atomic E-state index is -0.0905. The summed E-state index contributed by atoms with van der Waals surface area (Å²) in [5, 5.41) is 5.94. The first-order chi connectivity index (χ1) is 13.8. The minimum Gasteiger partial charge on any atom is -0.364 e. The molecule has 0 amide bonds. The minimum absolute atomic E-state index is 0.0905. The van der Waals surface area contributed by atoms with E-state index in [1.807, 2.05) is 60.8 Å². The zero-order chi connectivity index (χ0) is 18.9. The number of aromatic nitrogens is 4. The summed E-state index contributed by atoms with van der Waals surface area (Å²) in [6.45, 7) is 0.580. The molecule has 0 radical (unpaired) electrons. The van der Waals surface area contributed by atoms with E-state index < -0.39 is 0 Å². The molecule has 0 aliphatic heterocycles. The summed E-state index contributed by atoms with van der Waals surface area (Å²) < 4.78 is 0. The van der Waals surface area contributed by atoms with Crippen molar-refractivity contribution in [1.82, 2.24) is 19.9 Å². The molecule has 4 aromatic heterocycles. The molecule has 136 valence electrons. The summed E-state index contributed by atoms with van der Waals surface area (Å²) >= 11 is 0. The number of hydrogen-bond donors (Lipinski definition) is 3. The van der Waals surface area contributed by atoms with Gasteiger partial charge in [-0.05, 0) is 52.9 Å². The van der Waals surface area contributed by atoms with Crippen LogP contribution in [-0.2, 0) is 6.54 Å². The molecule has 6 heteroatoms. The van der Waals surface area contributed by atoms with Gasteiger partial charge in [-0.1, -0.05) is 18.2 Å². The van der Waals surface area contributed by atoms with E-state index in [0.717, 1.165) is 39.1 Å². The van der Waals surface area contributed by atoms with E-state index >= 15 is 0 Å². The Morgan fingerprint density at radius 2 is 1.86 bits per heavy atom. The van der Waals surface area contributed by atoms with Crippen LogP contribution in [0, 0.1) is 0 Å². The van der Waals surface area contributed by atoms with Crippen molar-refractivity contribution in [1.29, 1.82) is 0 Å². The molecule has 6 nitrogen and oxygen atoms in total. The smallest absolute Gasteiger partial charge is 0.255 e. The lowest BCUT2D eigenvalue weighted by atomic mass is 10.0. The molecule has 0 atom stereocenters. The van der Waals surface area contributed by atoms with E-state index in [4.69, 9.17) is 0 Å². The molecule has 0 aliphatic rings. The second-order valence-electron chi connectivity index (χ2n) is 6.58. The molecule has 0 bridgehead atoms. The van der Waals surface area contributed by atoms with E-state index in [-0.39, 0.29) is 5.56 Å². The lowest BCUT2D eigenvalue weighted by Gasteiger charge is -2.10. The molecule has 5 aromatic rings. The normalized spacial score (nSPS) is 11.1. The molecule has 0 spiro atoms. The standard InChI is InChI=1S/C22H17N5O/c28-22-19-11-15(5-4-14(19)6-9-25-22)18-12-20(27-21-17(18)7-10-24-21)26-13-16-3-1-2-8-23-16/h1-12H,13H2,(H,25,28)(H2,24,26,27). The third kappa shape index (κ3) is 2.91. The van der Waals surface area contributed by atoms with Crippen LogP contribution in [0.1, 0.15) is 5.69 Å². The van der Waals surface area contributed by atoms with Crippen LogP contribution in [0.2, 0.25) is 0 Å². The van der Waals surface area contributed by atoms with Crippen molar-refractivity contribution < 1.29 is 0 Å². The van der Waals surface area contributed by atoms with Crippen molar-refractivity contribution in [2.45, 2.75) is 6.54 Å². The fourth-order valence-electron chi connectivity index (χ4n) is 3.40. The number of rotatable bonds is 4. The average Bonchev–Trinajstić information content (AvgIpc) is 3.21. The van der Waals surface area contributed by atoms with Gasteiger partial charge in [0.05, 0.1) is 12.2 Å². The summed E-state index contributed by atoms with van der Waals surface area (Å²) in [6, 6.07) is 17.7. The molecule has 0 fully saturated rings. The van der Waals surface area contributed by atoms with E-state index in [9.17, 15) is 4.79 Å². The summed E-state index contributed by atoms with van der Waals surface area (Å²) in [7, 11) is 0. The van der Waals surface area contributed by atoms with Crippen LogP contribution in [0.4, 0.5) is 5.82 Å². The molecule has 4 heterocycles. The molecule has 1 aromatic carbocycles. The van der Waals surface area contributed by atoms with Gasteiger partial charge in [-0.2, -0.15) is 0 Å². The van der Waals surface area contributed by atoms with Gasteiger partial charge in [0.1, 0.15) is 11.5 Å². The van der Waals surface area contributed by atoms with Gasteiger partial charge in [0.2, 0.25) is 0 Å². The Morgan fingerprint density at radius 3 is 2.75 bits per heavy atom. The van der Waals surface area contributed by atoms with Gasteiger partial charge in [-0.3, -0.25) is 9.78 Å². The highest BCUT2D eigenvalue weighted by Gasteiger charge is 2.10. The first kappa shape index (κ1) is 16.3. The number of hydrogen-bond acceptors (Lipinski definition) is 4. The Labute approximate surface area is 160 Å². The second-order valence-corrected chi connectivity index (χ2v) is 6.58. The molecule has 3 N–H and O–H groups in total. The monoisotopic (exact) mass is 367 g/mol. The van der Waals surface area contributed by atoms with Gasteiger partial charge >= 0.3 is 0 Å². The van der Waals surface area contributed by atoms with E-state index in [1.54, 1.807) is 12.4 Å². The zero-order valence-electron chi connectivity index (χ0n) is 14.9. The Hall–Kier alpha value is -3.93. The molecule has 0 aliphatic carbocycles. The number of nitrogens with one attached hydrogen (secondary N) is 3. The van der Waals surface area contributed by atoms with Crippen LogP contribution in [0.5, 0.6) is 0 Å². The van der Waals surface area contributed by atoms with E-state index in [0.29, 0.717) is 11.9 Å². The third-order valence-electron chi connectivity index (χ3n) is 4.79. The summed E-state index contributed by atoms with van der Waals surface area (Å²) in [4.78, 5) is 27.1.